The van der Waals surface area contributed by atoms with E-state index in [0.717, 1.165) is 0 Å². The van der Waals surface area contributed by atoms with E-state index in [-0.39, 0.29) is 24.5 Å². The lowest BCUT2D eigenvalue weighted by atomic mass is 10.0. The summed E-state index contributed by atoms with van der Waals surface area (Å²) in [6.45, 7) is 3.26. The number of nitrogens with zero attached hydrogens (tertiary/aromatic N) is 6. The first-order chi connectivity index (χ1) is 23.7. The highest BCUT2D eigenvalue weighted by molar-refractivity contribution is 7.91. The zero-order chi connectivity index (χ0) is 36.0. The Morgan fingerprint density at radius 1 is 1.12 bits per heavy atom. The lowest BCUT2D eigenvalue weighted by Gasteiger charge is -2.31. The van der Waals surface area contributed by atoms with Crippen LogP contribution in [0.1, 0.15) is 56.1 Å². The molecule has 1 aromatic carbocycles. The van der Waals surface area contributed by atoms with Gasteiger partial charge in [0.15, 0.2) is 0 Å². The van der Waals surface area contributed by atoms with Crippen molar-refractivity contribution in [1.82, 2.24) is 45.4 Å². The maximum absolute atomic E-state index is 14.2. The van der Waals surface area contributed by atoms with Crippen molar-refractivity contribution >= 4 is 45.0 Å². The van der Waals surface area contributed by atoms with E-state index in [4.69, 9.17) is 4.74 Å². The second-order valence-electron chi connectivity index (χ2n) is 12.9. The van der Waals surface area contributed by atoms with Crippen LogP contribution in [0.3, 0.4) is 0 Å². The number of sulfonamides is 1. The number of methoxy groups -OCH3 is 1. The molecule has 1 aliphatic heterocycles. The minimum Gasteiger partial charge on any atom is -0.497 e. The smallest absolute Gasteiger partial charge is 0.271 e. The Balaban J connectivity index is 1.28. The number of ether oxygens (including phenoxy) is 1. The number of amides is 4. The van der Waals surface area contributed by atoms with Crippen molar-refractivity contribution in [1.29, 1.82) is 0 Å². The Morgan fingerprint density at radius 2 is 1.84 bits per heavy atom. The van der Waals surface area contributed by atoms with Gasteiger partial charge in [-0.15, -0.1) is 21.5 Å². The Hall–Kier alpha value is -4.59. The molecule has 268 valence electrons. The molecule has 3 aliphatic rings. The summed E-state index contributed by atoms with van der Waals surface area (Å²) < 4.78 is 60.1. The maximum atomic E-state index is 14.2. The molecule has 2 aliphatic carbocycles. The van der Waals surface area contributed by atoms with Crippen molar-refractivity contribution in [3.8, 4) is 17.1 Å². The SMILES string of the molecule is COc1ccc(-c2nnn([C@@H]3CC(C(=O)N[C@]4(C(=O)NS(=O)(=O)C5CC5)C[C@H]4C(F)F)N(C(=O)[C@@H](NC(=O)c4cscn4)C(C)C)C3)n2)cc1. The summed E-state index contributed by atoms with van der Waals surface area (Å²) in [5.41, 5.74) is -0.0308. The average Bonchev–Trinajstić information content (AvgIpc) is 3.84. The number of aromatic nitrogens is 5. The summed E-state index contributed by atoms with van der Waals surface area (Å²) in [6, 6.07) is 3.66. The van der Waals surface area contributed by atoms with Crippen molar-refractivity contribution in [2.45, 2.75) is 74.9 Å². The molecule has 2 saturated carbocycles. The van der Waals surface area contributed by atoms with Crippen LogP contribution in [0, 0.1) is 11.8 Å². The number of halogens is 2. The Labute approximate surface area is 289 Å². The quantitative estimate of drug-likeness (QED) is 0.227. The Bertz CT molecular complexity index is 1870. The van der Waals surface area contributed by atoms with Crippen molar-refractivity contribution in [2.24, 2.45) is 11.8 Å². The Kier molecular flexibility index (Phi) is 9.59. The second-order valence-corrected chi connectivity index (χ2v) is 15.6. The van der Waals surface area contributed by atoms with Gasteiger partial charge in [0.2, 0.25) is 34.1 Å². The first-order valence-electron chi connectivity index (χ1n) is 15.8. The minimum atomic E-state index is -4.12. The molecule has 3 aromatic rings. The van der Waals surface area contributed by atoms with E-state index < -0.39 is 87.2 Å². The fourth-order valence-corrected chi connectivity index (χ4v) is 7.88. The number of rotatable bonds is 13. The zero-order valence-electron chi connectivity index (χ0n) is 27.2. The van der Waals surface area contributed by atoms with Gasteiger partial charge >= 0.3 is 0 Å². The van der Waals surface area contributed by atoms with Gasteiger partial charge in [-0.3, -0.25) is 23.9 Å². The number of benzene rings is 1. The van der Waals surface area contributed by atoms with Crippen LogP contribution in [0.25, 0.3) is 11.4 Å². The molecule has 5 atom stereocenters. The third-order valence-corrected chi connectivity index (χ3v) is 11.5. The molecule has 3 fully saturated rings. The second kappa shape index (κ2) is 13.6. The lowest BCUT2D eigenvalue weighted by Crippen LogP contribution is -2.59. The van der Waals surface area contributed by atoms with E-state index in [0.29, 0.717) is 24.2 Å². The number of hydrogen-bond acceptors (Lipinski definition) is 12. The van der Waals surface area contributed by atoms with Crippen LogP contribution in [0.5, 0.6) is 5.75 Å². The molecule has 4 amide bonds. The number of thiazole rings is 1. The first kappa shape index (κ1) is 35.2. The van der Waals surface area contributed by atoms with E-state index in [2.05, 4.69) is 31.0 Å². The van der Waals surface area contributed by atoms with Gasteiger partial charge in [0, 0.05) is 23.9 Å². The summed E-state index contributed by atoms with van der Waals surface area (Å²) in [5.74, 6) is -4.72. The number of likely N-dealkylation sites (tertiary alicyclic amines) is 1. The summed E-state index contributed by atoms with van der Waals surface area (Å²) in [7, 11) is -2.59. The first-order valence-corrected chi connectivity index (χ1v) is 18.3. The van der Waals surface area contributed by atoms with E-state index in [1.165, 1.54) is 39.0 Å². The third kappa shape index (κ3) is 7.03. The third-order valence-electron chi connectivity index (χ3n) is 9.12. The molecule has 3 N–H and O–H groups in total. The van der Waals surface area contributed by atoms with Crippen molar-refractivity contribution in [2.75, 3.05) is 13.7 Å². The molecule has 0 radical (unpaired) electrons. The van der Waals surface area contributed by atoms with Gasteiger partial charge in [0.25, 0.3) is 11.8 Å². The van der Waals surface area contributed by atoms with Gasteiger partial charge in [0.1, 0.15) is 29.1 Å². The molecular weight excluding hydrogens is 701 g/mol. The molecule has 0 spiro atoms. The van der Waals surface area contributed by atoms with Gasteiger partial charge in [-0.25, -0.2) is 22.2 Å². The summed E-state index contributed by atoms with van der Waals surface area (Å²) >= 11 is 1.19. The highest BCUT2D eigenvalue weighted by atomic mass is 32.2. The maximum Gasteiger partial charge on any atom is 0.271 e. The van der Waals surface area contributed by atoms with Crippen molar-refractivity contribution in [3.63, 3.8) is 0 Å². The van der Waals surface area contributed by atoms with Gasteiger partial charge in [-0.2, -0.15) is 4.80 Å². The molecule has 16 nitrogen and oxygen atoms in total. The van der Waals surface area contributed by atoms with Gasteiger partial charge < -0.3 is 20.3 Å². The van der Waals surface area contributed by atoms with E-state index in [1.807, 2.05) is 4.72 Å². The van der Waals surface area contributed by atoms with E-state index in [1.54, 1.807) is 38.1 Å². The highest BCUT2D eigenvalue weighted by Gasteiger charge is 2.66. The summed E-state index contributed by atoms with van der Waals surface area (Å²) in [6.07, 6.45) is -3.00. The summed E-state index contributed by atoms with van der Waals surface area (Å²) in [4.78, 5) is 60.8. The molecule has 3 heterocycles. The van der Waals surface area contributed by atoms with Crippen LogP contribution in [0.15, 0.2) is 35.2 Å². The predicted octanol–water partition coefficient (Wildman–Crippen LogP) is 1.15. The largest absolute Gasteiger partial charge is 0.497 e. The Morgan fingerprint density at radius 3 is 2.42 bits per heavy atom. The number of carbonyl (C=O) groups is 4. The van der Waals surface area contributed by atoms with Crippen LogP contribution in [0.4, 0.5) is 8.78 Å². The number of tetrazole rings is 1. The molecule has 2 aromatic heterocycles. The fourth-order valence-electron chi connectivity index (χ4n) is 5.98. The summed E-state index contributed by atoms with van der Waals surface area (Å²) in [5, 5.41) is 18.5. The molecule has 1 saturated heterocycles. The molecular formula is C30H35F2N9O7S2. The molecule has 6 rings (SSSR count). The molecule has 20 heteroatoms. The molecule has 50 heavy (non-hydrogen) atoms. The normalized spacial score (nSPS) is 23.8. The van der Waals surface area contributed by atoms with Crippen LogP contribution in [-0.4, -0.2) is 105 Å². The van der Waals surface area contributed by atoms with Gasteiger partial charge in [-0.05, 0) is 54.7 Å². The highest BCUT2D eigenvalue weighted by Crippen LogP contribution is 2.48. The topological polar surface area (TPSA) is 207 Å². The predicted molar refractivity (Wildman–Crippen MR) is 172 cm³/mol. The van der Waals surface area contributed by atoms with Crippen LogP contribution in [0.2, 0.25) is 0 Å². The number of alkyl halides is 2. The van der Waals surface area contributed by atoms with Crippen LogP contribution < -0.4 is 20.1 Å². The molecule has 1 unspecified atom stereocenters. The lowest BCUT2D eigenvalue weighted by molar-refractivity contribution is -0.141. The van der Waals surface area contributed by atoms with Crippen molar-refractivity contribution < 1.29 is 41.1 Å². The zero-order valence-corrected chi connectivity index (χ0v) is 28.8. The monoisotopic (exact) mass is 735 g/mol. The van der Waals surface area contributed by atoms with Gasteiger partial charge in [0.05, 0.1) is 29.8 Å². The van der Waals surface area contributed by atoms with Crippen LogP contribution >= 0.6 is 11.3 Å². The van der Waals surface area contributed by atoms with E-state index >= 15 is 0 Å². The standard InChI is InChI=1S/C30H35F2N9O7S2/c1-15(2)23(34-26(42)21-13-49-14-33-21)28(44)40-12-17(41-37-25(36-39-41)16-4-6-18(48-3)7-5-16)10-22(40)27(43)35-30(11-20(30)24(31)32)29(45)38-50(46,47)19-8-9-19/h4-7,13-15,17,19-20,22-24H,8-12H2,1-3H3,(H,34,42)(H,35,43)(H,38,45)/t17-,20+,22?,23+,30-/m1/s1. The van der Waals surface area contributed by atoms with E-state index in [9.17, 15) is 36.4 Å². The minimum absolute atomic E-state index is 0.0980. The number of nitrogens with one attached hydrogen (secondary N) is 3. The van der Waals surface area contributed by atoms with Gasteiger partial charge in [-0.1, -0.05) is 13.8 Å². The average molecular weight is 736 g/mol. The van der Waals surface area contributed by atoms with Crippen LogP contribution in [-0.2, 0) is 24.4 Å². The molecule has 0 bridgehead atoms. The van der Waals surface area contributed by atoms with Crippen molar-refractivity contribution in [3.05, 3.63) is 40.8 Å². The number of hydrogen-bond donors (Lipinski definition) is 3. The fraction of sp³-hybridized carbons (Fsp3) is 0.533. The number of carbonyl (C=O) groups excluding carboxylic acids is 4.